The third-order valence-corrected chi connectivity index (χ3v) is 3.42. The Hall–Kier alpha value is -1.33. The van der Waals surface area contributed by atoms with Crippen LogP contribution in [-0.4, -0.2) is 36.2 Å². The number of aldehydes is 1. The third-order valence-electron chi connectivity index (χ3n) is 2.39. The van der Waals surface area contributed by atoms with Crippen molar-refractivity contribution in [3.63, 3.8) is 0 Å². The number of amides is 1. The van der Waals surface area contributed by atoms with Gasteiger partial charge in [0.25, 0.3) is 0 Å². The Morgan fingerprint density at radius 2 is 2.31 bits per heavy atom. The molecule has 0 bridgehead atoms. The normalized spacial score (nSPS) is 14.8. The number of carbonyl (C=O) groups is 2. The monoisotopic (exact) mass is 237 g/mol. The molecule has 2 rings (SSSR count). The van der Waals surface area contributed by atoms with Crippen LogP contribution in [0.15, 0.2) is 23.1 Å². The van der Waals surface area contributed by atoms with Crippen LogP contribution in [0.1, 0.15) is 10.4 Å². The van der Waals surface area contributed by atoms with Crippen LogP contribution < -0.4 is 4.90 Å². The second-order valence-electron chi connectivity index (χ2n) is 3.40. The van der Waals surface area contributed by atoms with Crippen molar-refractivity contribution in [2.75, 3.05) is 23.8 Å². The van der Waals surface area contributed by atoms with E-state index in [4.69, 9.17) is 5.11 Å². The van der Waals surface area contributed by atoms with E-state index in [0.29, 0.717) is 17.9 Å². The number of aliphatic hydroxyl groups is 1. The zero-order valence-corrected chi connectivity index (χ0v) is 9.37. The van der Waals surface area contributed by atoms with E-state index < -0.39 is 0 Å². The standard InChI is InChI=1S/C11H11NO3S/c13-4-3-12-9-2-1-8(6-14)5-10(9)16-7-11(12)15/h1-2,5-6,13H,3-4,7H2. The van der Waals surface area contributed by atoms with Crippen molar-refractivity contribution in [1.29, 1.82) is 0 Å². The lowest BCUT2D eigenvalue weighted by molar-refractivity contribution is -0.116. The number of fused-ring (bicyclic) bond motifs is 1. The maximum absolute atomic E-state index is 11.6. The first-order chi connectivity index (χ1) is 7.76. The van der Waals surface area contributed by atoms with Crippen LogP contribution in [0, 0.1) is 0 Å². The van der Waals surface area contributed by atoms with Gasteiger partial charge < -0.3 is 10.0 Å². The Kier molecular flexibility index (Phi) is 3.26. The fraction of sp³-hybridized carbons (Fsp3) is 0.273. The largest absolute Gasteiger partial charge is 0.395 e. The molecule has 4 nitrogen and oxygen atoms in total. The minimum Gasteiger partial charge on any atom is -0.395 e. The molecule has 1 aliphatic heterocycles. The van der Waals surface area contributed by atoms with Gasteiger partial charge in [0.05, 0.1) is 18.0 Å². The van der Waals surface area contributed by atoms with Crippen molar-refractivity contribution in [2.45, 2.75) is 4.90 Å². The number of thioether (sulfide) groups is 1. The highest BCUT2D eigenvalue weighted by atomic mass is 32.2. The molecule has 0 spiro atoms. The quantitative estimate of drug-likeness (QED) is 0.795. The molecule has 0 aromatic heterocycles. The molecule has 1 aliphatic rings. The summed E-state index contributed by atoms with van der Waals surface area (Å²) < 4.78 is 0. The first-order valence-electron chi connectivity index (χ1n) is 4.89. The molecule has 5 heteroatoms. The molecule has 0 radical (unpaired) electrons. The van der Waals surface area contributed by atoms with Gasteiger partial charge in [-0.25, -0.2) is 0 Å². The molecule has 1 N–H and O–H groups in total. The smallest absolute Gasteiger partial charge is 0.237 e. The van der Waals surface area contributed by atoms with Crippen LogP contribution in [0.3, 0.4) is 0 Å². The lowest BCUT2D eigenvalue weighted by Gasteiger charge is -2.28. The van der Waals surface area contributed by atoms with Crippen molar-refractivity contribution in [2.24, 2.45) is 0 Å². The van der Waals surface area contributed by atoms with Crippen molar-refractivity contribution in [3.05, 3.63) is 23.8 Å². The molecule has 1 aromatic rings. The maximum Gasteiger partial charge on any atom is 0.237 e. The van der Waals surface area contributed by atoms with Gasteiger partial charge in [-0.3, -0.25) is 9.59 Å². The summed E-state index contributed by atoms with van der Waals surface area (Å²) in [6.07, 6.45) is 0.785. The van der Waals surface area contributed by atoms with E-state index in [2.05, 4.69) is 0 Å². The summed E-state index contributed by atoms with van der Waals surface area (Å²) >= 11 is 1.42. The number of hydrogen-bond acceptors (Lipinski definition) is 4. The Labute approximate surface area is 97.3 Å². The average molecular weight is 237 g/mol. The number of nitrogens with zero attached hydrogens (tertiary/aromatic N) is 1. The minimum absolute atomic E-state index is 0.00889. The highest BCUT2D eigenvalue weighted by Crippen LogP contribution is 2.35. The second-order valence-corrected chi connectivity index (χ2v) is 4.42. The van der Waals surface area contributed by atoms with Gasteiger partial charge >= 0.3 is 0 Å². The molecular weight excluding hydrogens is 226 g/mol. The highest BCUT2D eigenvalue weighted by molar-refractivity contribution is 8.00. The zero-order chi connectivity index (χ0) is 11.5. The Morgan fingerprint density at radius 3 is 3.00 bits per heavy atom. The van der Waals surface area contributed by atoms with Gasteiger partial charge in [-0.05, 0) is 18.2 Å². The SMILES string of the molecule is O=Cc1ccc2c(c1)SCC(=O)N2CCO. The molecule has 0 atom stereocenters. The summed E-state index contributed by atoms with van der Waals surface area (Å²) in [6, 6.07) is 5.19. The molecule has 1 heterocycles. The predicted molar refractivity (Wildman–Crippen MR) is 62.0 cm³/mol. The highest BCUT2D eigenvalue weighted by Gasteiger charge is 2.24. The summed E-state index contributed by atoms with van der Waals surface area (Å²) in [6.45, 7) is 0.234. The molecule has 84 valence electrons. The fourth-order valence-electron chi connectivity index (χ4n) is 1.64. The Morgan fingerprint density at radius 1 is 1.50 bits per heavy atom. The number of β-amino-alcohol motifs (C(OH)–C–C–N with tert-alkyl or cyclic N) is 1. The fourth-order valence-corrected chi connectivity index (χ4v) is 2.62. The molecular formula is C11H11NO3S. The van der Waals surface area contributed by atoms with Crippen molar-refractivity contribution in [1.82, 2.24) is 0 Å². The van der Waals surface area contributed by atoms with E-state index in [1.807, 2.05) is 0 Å². The summed E-state index contributed by atoms with van der Waals surface area (Å²) in [4.78, 5) is 24.7. The Bertz CT molecular complexity index is 433. The van der Waals surface area contributed by atoms with Crippen LogP contribution in [0.4, 0.5) is 5.69 Å². The second kappa shape index (κ2) is 4.67. The molecule has 0 saturated carbocycles. The van der Waals surface area contributed by atoms with Gasteiger partial charge in [0.1, 0.15) is 6.29 Å². The van der Waals surface area contributed by atoms with Crippen molar-refractivity contribution >= 4 is 29.6 Å². The topological polar surface area (TPSA) is 57.6 Å². The summed E-state index contributed by atoms with van der Waals surface area (Å²) in [7, 11) is 0. The molecule has 0 saturated heterocycles. The van der Waals surface area contributed by atoms with Gasteiger partial charge in [0, 0.05) is 17.0 Å². The number of anilines is 1. The first-order valence-corrected chi connectivity index (χ1v) is 5.88. The van der Waals surface area contributed by atoms with E-state index in [0.717, 1.165) is 16.9 Å². The van der Waals surface area contributed by atoms with Crippen LogP contribution >= 0.6 is 11.8 Å². The minimum atomic E-state index is -0.0642. The van der Waals surface area contributed by atoms with Gasteiger partial charge in [0.15, 0.2) is 0 Å². The number of aliphatic hydroxyl groups excluding tert-OH is 1. The number of rotatable bonds is 3. The molecule has 0 fully saturated rings. The number of benzene rings is 1. The van der Waals surface area contributed by atoms with Crippen LogP contribution in [0.2, 0.25) is 0 Å². The van der Waals surface area contributed by atoms with Gasteiger partial charge in [-0.2, -0.15) is 0 Å². The van der Waals surface area contributed by atoms with Crippen LogP contribution in [0.25, 0.3) is 0 Å². The average Bonchev–Trinajstić information content (AvgIpc) is 2.32. The third kappa shape index (κ3) is 1.96. The first kappa shape index (κ1) is 11.2. The van der Waals surface area contributed by atoms with E-state index in [9.17, 15) is 9.59 Å². The molecule has 0 aliphatic carbocycles. The van der Waals surface area contributed by atoms with Crippen LogP contribution in [-0.2, 0) is 4.79 Å². The number of carbonyl (C=O) groups excluding carboxylic acids is 2. The zero-order valence-electron chi connectivity index (χ0n) is 8.55. The lowest BCUT2D eigenvalue weighted by atomic mass is 10.2. The van der Waals surface area contributed by atoms with Gasteiger partial charge in [-0.15, -0.1) is 11.8 Å². The Balaban J connectivity index is 2.40. The van der Waals surface area contributed by atoms with E-state index >= 15 is 0 Å². The maximum atomic E-state index is 11.6. The lowest BCUT2D eigenvalue weighted by Crippen LogP contribution is -2.37. The predicted octanol–water partition coefficient (Wildman–Crippen LogP) is 0.930. The van der Waals surface area contributed by atoms with E-state index in [-0.39, 0.29) is 12.5 Å². The molecule has 1 amide bonds. The number of hydrogen-bond donors (Lipinski definition) is 1. The van der Waals surface area contributed by atoms with Gasteiger partial charge in [-0.1, -0.05) is 0 Å². The summed E-state index contributed by atoms with van der Waals surface area (Å²) in [5.74, 6) is 0.348. The molecule has 0 unspecified atom stereocenters. The summed E-state index contributed by atoms with van der Waals surface area (Å²) in [5, 5.41) is 8.91. The van der Waals surface area contributed by atoms with Crippen molar-refractivity contribution in [3.8, 4) is 0 Å². The molecule has 16 heavy (non-hydrogen) atoms. The van der Waals surface area contributed by atoms with E-state index in [1.165, 1.54) is 11.8 Å². The van der Waals surface area contributed by atoms with E-state index in [1.54, 1.807) is 23.1 Å². The summed E-state index contributed by atoms with van der Waals surface area (Å²) in [5.41, 5.74) is 1.38. The van der Waals surface area contributed by atoms with Crippen LogP contribution in [0.5, 0.6) is 0 Å². The van der Waals surface area contributed by atoms with Gasteiger partial charge in [0.2, 0.25) is 5.91 Å². The molecule has 1 aromatic carbocycles. The van der Waals surface area contributed by atoms with Crippen molar-refractivity contribution < 1.29 is 14.7 Å².